The molecule has 0 aliphatic carbocycles. The predicted octanol–water partition coefficient (Wildman–Crippen LogP) is 4.62. The normalized spacial score (nSPS) is 12.1. The number of aryl methyl sites for hydroxylation is 3. The number of rotatable bonds is 5. The molecule has 0 saturated carbocycles. The molecule has 4 rings (SSSR count). The summed E-state index contributed by atoms with van der Waals surface area (Å²) in [6.07, 6.45) is 3.42. The summed E-state index contributed by atoms with van der Waals surface area (Å²) >= 11 is 0. The third kappa shape index (κ3) is 4.06. The Kier molecular flexibility index (Phi) is 5.16. The number of pyridine rings is 1. The number of anilines is 1. The summed E-state index contributed by atoms with van der Waals surface area (Å²) in [6.45, 7) is 8.89. The van der Waals surface area contributed by atoms with Gasteiger partial charge in [-0.2, -0.15) is 0 Å². The van der Waals surface area contributed by atoms with Crippen LogP contribution in [0, 0.1) is 20.8 Å². The molecule has 0 amide bonds. The average Bonchev–Trinajstić information content (AvgIpc) is 2.73. The Hall–Kier alpha value is -3.41. The molecule has 1 N–H and O–H groups in total. The quantitative estimate of drug-likeness (QED) is 0.541. The molecule has 1 aromatic carbocycles. The molecule has 3 heterocycles. The molecule has 0 fully saturated rings. The van der Waals surface area contributed by atoms with Gasteiger partial charge in [-0.25, -0.2) is 19.9 Å². The van der Waals surface area contributed by atoms with E-state index in [9.17, 15) is 0 Å². The largest absolute Gasteiger partial charge is 0.369 e. The van der Waals surface area contributed by atoms with E-state index in [1.807, 2.05) is 57.3 Å². The summed E-state index contributed by atoms with van der Waals surface area (Å²) in [4.78, 5) is 22.6. The zero-order valence-corrected chi connectivity index (χ0v) is 17.1. The number of fused-ring (bicyclic) bond motifs is 1. The minimum Gasteiger partial charge on any atom is -0.369 e. The van der Waals surface area contributed by atoms with E-state index in [0.717, 1.165) is 51.7 Å². The molecule has 0 saturated heterocycles. The molecule has 6 nitrogen and oxygen atoms in total. The highest BCUT2D eigenvalue weighted by Crippen LogP contribution is 2.25. The fourth-order valence-corrected chi connectivity index (χ4v) is 3.27. The van der Waals surface area contributed by atoms with Crippen LogP contribution in [0.3, 0.4) is 0 Å². The first-order valence-electron chi connectivity index (χ1n) is 9.74. The maximum Gasteiger partial charge on any atom is 0.129 e. The van der Waals surface area contributed by atoms with Crippen LogP contribution in [0.4, 0.5) is 5.82 Å². The lowest BCUT2D eigenvalue weighted by Crippen LogP contribution is -2.12. The van der Waals surface area contributed by atoms with Crippen molar-refractivity contribution in [1.29, 1.82) is 0 Å². The molecule has 0 aliphatic rings. The van der Waals surface area contributed by atoms with E-state index in [1.54, 1.807) is 6.33 Å². The number of benzene rings is 1. The van der Waals surface area contributed by atoms with Gasteiger partial charge in [0.25, 0.3) is 0 Å². The van der Waals surface area contributed by atoms with Crippen molar-refractivity contribution in [3.63, 3.8) is 0 Å². The smallest absolute Gasteiger partial charge is 0.129 e. The van der Waals surface area contributed by atoms with E-state index in [1.165, 1.54) is 5.56 Å². The molecular weight excluding hydrogens is 360 g/mol. The van der Waals surface area contributed by atoms with Gasteiger partial charge in [0, 0.05) is 36.0 Å². The molecule has 6 heteroatoms. The van der Waals surface area contributed by atoms with Crippen LogP contribution in [0.2, 0.25) is 0 Å². The molecule has 0 bridgehead atoms. The number of nitrogens with one attached hydrogen (secondary N) is 1. The van der Waals surface area contributed by atoms with Gasteiger partial charge in [0.1, 0.15) is 12.1 Å². The maximum absolute atomic E-state index is 4.79. The van der Waals surface area contributed by atoms with Gasteiger partial charge in [-0.3, -0.25) is 4.98 Å². The van der Waals surface area contributed by atoms with Crippen LogP contribution in [0.5, 0.6) is 0 Å². The molecule has 3 aromatic heterocycles. The van der Waals surface area contributed by atoms with Crippen molar-refractivity contribution in [1.82, 2.24) is 24.9 Å². The Morgan fingerprint density at radius 1 is 0.931 bits per heavy atom. The van der Waals surface area contributed by atoms with Crippen LogP contribution >= 0.6 is 0 Å². The molecule has 1 atom stereocenters. The van der Waals surface area contributed by atoms with Gasteiger partial charge in [-0.05, 0) is 44.5 Å². The van der Waals surface area contributed by atoms with Gasteiger partial charge in [0.15, 0.2) is 0 Å². The highest BCUT2D eigenvalue weighted by Gasteiger charge is 2.13. The maximum atomic E-state index is 4.79. The topological polar surface area (TPSA) is 76.5 Å². The zero-order valence-electron chi connectivity index (χ0n) is 17.1. The molecular formula is C23H24N6. The SMILES string of the molecule is Cc1ccc(-c2cc(NCC(C)c3cccc4nc(C)c(C)nc34)ncn2)cn1. The number of para-hydroxylation sites is 1. The minimum atomic E-state index is 0.245. The number of hydrogen-bond donors (Lipinski definition) is 1. The van der Waals surface area contributed by atoms with E-state index in [4.69, 9.17) is 4.98 Å². The Morgan fingerprint density at radius 3 is 2.55 bits per heavy atom. The summed E-state index contributed by atoms with van der Waals surface area (Å²) in [5, 5.41) is 3.44. The number of nitrogens with zero attached hydrogens (tertiary/aromatic N) is 5. The van der Waals surface area contributed by atoms with Gasteiger partial charge in [0.05, 0.1) is 28.1 Å². The molecule has 4 aromatic rings. The Bertz CT molecular complexity index is 1150. The monoisotopic (exact) mass is 384 g/mol. The highest BCUT2D eigenvalue weighted by atomic mass is 15.0. The summed E-state index contributed by atoms with van der Waals surface area (Å²) in [7, 11) is 0. The fourth-order valence-electron chi connectivity index (χ4n) is 3.27. The lowest BCUT2D eigenvalue weighted by molar-refractivity contribution is 0.804. The Balaban J connectivity index is 1.54. The van der Waals surface area contributed by atoms with Gasteiger partial charge < -0.3 is 5.32 Å². The summed E-state index contributed by atoms with van der Waals surface area (Å²) in [5.74, 6) is 1.04. The predicted molar refractivity (Wildman–Crippen MR) is 116 cm³/mol. The van der Waals surface area contributed by atoms with Crippen molar-refractivity contribution in [3.8, 4) is 11.3 Å². The third-order valence-corrected chi connectivity index (χ3v) is 5.13. The van der Waals surface area contributed by atoms with Crippen molar-refractivity contribution in [2.45, 2.75) is 33.6 Å². The van der Waals surface area contributed by atoms with Crippen molar-refractivity contribution in [2.75, 3.05) is 11.9 Å². The second kappa shape index (κ2) is 7.91. The van der Waals surface area contributed by atoms with Crippen molar-refractivity contribution in [3.05, 3.63) is 71.6 Å². The Labute approximate surface area is 170 Å². The van der Waals surface area contributed by atoms with Crippen LogP contribution in [0.15, 0.2) is 48.9 Å². The third-order valence-electron chi connectivity index (χ3n) is 5.13. The summed E-state index contributed by atoms with van der Waals surface area (Å²) in [5.41, 5.74) is 7.85. The molecule has 1 unspecified atom stereocenters. The zero-order chi connectivity index (χ0) is 20.4. The molecule has 146 valence electrons. The second-order valence-electron chi connectivity index (χ2n) is 7.37. The van der Waals surface area contributed by atoms with E-state index in [2.05, 4.69) is 38.2 Å². The van der Waals surface area contributed by atoms with Crippen LogP contribution in [-0.2, 0) is 0 Å². The summed E-state index contributed by atoms with van der Waals surface area (Å²) < 4.78 is 0. The first-order valence-corrected chi connectivity index (χ1v) is 9.74. The number of aromatic nitrogens is 5. The fraction of sp³-hybridized carbons (Fsp3) is 0.261. The summed E-state index contributed by atoms with van der Waals surface area (Å²) in [6, 6.07) is 12.2. The molecule has 0 spiro atoms. The van der Waals surface area contributed by atoms with Gasteiger partial charge in [-0.15, -0.1) is 0 Å². The Morgan fingerprint density at radius 2 is 1.76 bits per heavy atom. The first kappa shape index (κ1) is 18.9. The average molecular weight is 384 g/mol. The van der Waals surface area contributed by atoms with Crippen molar-refractivity contribution >= 4 is 16.9 Å². The van der Waals surface area contributed by atoms with E-state index in [-0.39, 0.29) is 5.92 Å². The van der Waals surface area contributed by atoms with E-state index in [0.29, 0.717) is 0 Å². The standard InChI is InChI=1S/C23H24N6/c1-14(19-6-5-7-20-23(19)29-17(4)16(3)28-20)11-25-22-10-21(26-13-27-22)18-9-8-15(2)24-12-18/h5-10,12-14H,11H2,1-4H3,(H,25,26,27). The van der Waals surface area contributed by atoms with Gasteiger partial charge in [-0.1, -0.05) is 19.1 Å². The number of hydrogen-bond acceptors (Lipinski definition) is 6. The van der Waals surface area contributed by atoms with Crippen molar-refractivity contribution < 1.29 is 0 Å². The van der Waals surface area contributed by atoms with E-state index < -0.39 is 0 Å². The van der Waals surface area contributed by atoms with Crippen LogP contribution in [0.1, 0.15) is 35.5 Å². The first-order chi connectivity index (χ1) is 14.0. The van der Waals surface area contributed by atoms with Crippen LogP contribution in [0.25, 0.3) is 22.3 Å². The molecule has 29 heavy (non-hydrogen) atoms. The molecule has 0 radical (unpaired) electrons. The minimum absolute atomic E-state index is 0.245. The second-order valence-corrected chi connectivity index (χ2v) is 7.37. The van der Waals surface area contributed by atoms with Gasteiger partial charge in [0.2, 0.25) is 0 Å². The molecule has 0 aliphatic heterocycles. The highest BCUT2D eigenvalue weighted by molar-refractivity contribution is 5.79. The van der Waals surface area contributed by atoms with Gasteiger partial charge >= 0.3 is 0 Å². The lowest BCUT2D eigenvalue weighted by Gasteiger charge is -2.16. The lowest BCUT2D eigenvalue weighted by atomic mass is 9.99. The van der Waals surface area contributed by atoms with Crippen LogP contribution in [-0.4, -0.2) is 31.5 Å². The van der Waals surface area contributed by atoms with Crippen LogP contribution < -0.4 is 5.32 Å². The van der Waals surface area contributed by atoms with Crippen molar-refractivity contribution in [2.24, 2.45) is 0 Å². The van der Waals surface area contributed by atoms with E-state index >= 15 is 0 Å².